The van der Waals surface area contributed by atoms with Crippen LogP contribution in [0.3, 0.4) is 0 Å². The summed E-state index contributed by atoms with van der Waals surface area (Å²) in [7, 11) is 0. The van der Waals surface area contributed by atoms with Crippen LogP contribution in [0.25, 0.3) is 0 Å². The Bertz CT molecular complexity index is 748. The minimum Gasteiger partial charge on any atom is -0.504 e. The number of hydrogen-bond donors (Lipinski definition) is 5. The molecule has 0 aliphatic heterocycles. The van der Waals surface area contributed by atoms with Crippen molar-refractivity contribution in [1.82, 2.24) is 5.32 Å². The molecule has 0 spiro atoms. The van der Waals surface area contributed by atoms with Crippen LogP contribution in [0.15, 0.2) is 48.5 Å². The molecule has 6 N–H and O–H groups in total. The number of phenolic OH excluding ortho intramolecular Hbond substituents is 2. The van der Waals surface area contributed by atoms with E-state index in [0.29, 0.717) is 12.0 Å². The quantitative estimate of drug-likeness (QED) is 0.471. The number of rotatable bonds is 7. The lowest BCUT2D eigenvalue weighted by Gasteiger charge is -2.18. The monoisotopic (exact) mass is 344 g/mol. The number of aromatic hydroxyl groups is 2. The zero-order chi connectivity index (χ0) is 18.4. The molecule has 1 amide bonds. The second kappa shape index (κ2) is 8.16. The van der Waals surface area contributed by atoms with Crippen LogP contribution in [0.1, 0.15) is 11.1 Å². The third-order valence-corrected chi connectivity index (χ3v) is 3.73. The molecule has 0 aliphatic rings. The maximum atomic E-state index is 12.2. The van der Waals surface area contributed by atoms with Crippen LogP contribution in [-0.4, -0.2) is 39.3 Å². The Kier molecular flexibility index (Phi) is 5.97. The van der Waals surface area contributed by atoms with Gasteiger partial charge in [-0.15, -0.1) is 0 Å². The number of carbonyl (C=O) groups is 2. The van der Waals surface area contributed by atoms with Crippen LogP contribution in [-0.2, 0) is 22.4 Å². The van der Waals surface area contributed by atoms with Crippen LogP contribution in [0.4, 0.5) is 0 Å². The summed E-state index contributed by atoms with van der Waals surface area (Å²) in [4.78, 5) is 23.6. The van der Waals surface area contributed by atoms with Crippen LogP contribution in [0.5, 0.6) is 11.5 Å². The average Bonchev–Trinajstić information content (AvgIpc) is 2.58. The molecule has 2 aromatic rings. The Morgan fingerprint density at radius 2 is 1.64 bits per heavy atom. The molecule has 2 rings (SSSR count). The molecule has 0 saturated carbocycles. The van der Waals surface area contributed by atoms with Gasteiger partial charge in [0.15, 0.2) is 11.5 Å². The Morgan fingerprint density at radius 1 is 0.960 bits per heavy atom. The summed E-state index contributed by atoms with van der Waals surface area (Å²) in [6, 6.07) is 11.1. The SMILES string of the molecule is NC(Cc1ccccc1)C(=O)NC(Cc1ccc(O)c(O)c1)C(=O)O. The molecule has 0 bridgehead atoms. The minimum atomic E-state index is -1.21. The summed E-state index contributed by atoms with van der Waals surface area (Å²) in [5, 5.41) is 30.5. The van der Waals surface area contributed by atoms with Crippen LogP contribution < -0.4 is 11.1 Å². The van der Waals surface area contributed by atoms with Crippen molar-refractivity contribution in [2.75, 3.05) is 0 Å². The van der Waals surface area contributed by atoms with E-state index < -0.39 is 24.0 Å². The van der Waals surface area contributed by atoms with E-state index in [0.717, 1.165) is 5.56 Å². The molecule has 0 aromatic heterocycles. The molecule has 0 fully saturated rings. The van der Waals surface area contributed by atoms with Gasteiger partial charge in [-0.3, -0.25) is 4.79 Å². The number of hydrogen-bond acceptors (Lipinski definition) is 5. The first-order valence-corrected chi connectivity index (χ1v) is 7.70. The number of carboxylic acid groups (broad SMARTS) is 1. The van der Waals surface area contributed by atoms with E-state index in [-0.39, 0.29) is 17.9 Å². The summed E-state index contributed by atoms with van der Waals surface area (Å²) in [6.45, 7) is 0. The molecule has 0 aliphatic carbocycles. The van der Waals surface area contributed by atoms with E-state index in [1.807, 2.05) is 30.3 Å². The minimum absolute atomic E-state index is 0.0486. The standard InChI is InChI=1S/C18H20N2O5/c19-13(8-11-4-2-1-3-5-11)17(23)20-14(18(24)25)9-12-6-7-15(21)16(22)10-12/h1-7,10,13-14,21-22H,8-9,19H2,(H,20,23)(H,24,25). The molecule has 7 heteroatoms. The molecule has 0 radical (unpaired) electrons. The third kappa shape index (κ3) is 5.22. The molecule has 25 heavy (non-hydrogen) atoms. The zero-order valence-electron chi connectivity index (χ0n) is 13.4. The number of nitrogens with two attached hydrogens (primary N) is 1. The molecule has 0 saturated heterocycles. The summed E-state index contributed by atoms with van der Waals surface area (Å²) in [5.74, 6) is -2.44. The predicted octanol–water partition coefficient (Wildman–Crippen LogP) is 0.780. The summed E-state index contributed by atoms with van der Waals surface area (Å²) < 4.78 is 0. The van der Waals surface area contributed by atoms with Gasteiger partial charge >= 0.3 is 5.97 Å². The zero-order valence-corrected chi connectivity index (χ0v) is 13.4. The van der Waals surface area contributed by atoms with Crippen LogP contribution in [0.2, 0.25) is 0 Å². The Morgan fingerprint density at radius 3 is 2.24 bits per heavy atom. The van der Waals surface area contributed by atoms with Crippen molar-refractivity contribution in [3.05, 3.63) is 59.7 Å². The van der Waals surface area contributed by atoms with Gasteiger partial charge < -0.3 is 26.4 Å². The number of amides is 1. The average molecular weight is 344 g/mol. The van der Waals surface area contributed by atoms with E-state index >= 15 is 0 Å². The second-order valence-corrected chi connectivity index (χ2v) is 5.72. The summed E-state index contributed by atoms with van der Waals surface area (Å²) in [6.07, 6.45) is 0.242. The molecule has 2 unspecified atom stereocenters. The fraction of sp³-hybridized carbons (Fsp3) is 0.222. The predicted molar refractivity (Wildman–Crippen MR) is 91.2 cm³/mol. The number of nitrogens with one attached hydrogen (secondary N) is 1. The number of phenols is 2. The third-order valence-electron chi connectivity index (χ3n) is 3.73. The van der Waals surface area contributed by atoms with E-state index in [4.69, 9.17) is 5.73 Å². The first-order chi connectivity index (χ1) is 11.9. The van der Waals surface area contributed by atoms with E-state index in [9.17, 15) is 24.9 Å². The lowest BCUT2D eigenvalue weighted by molar-refractivity contribution is -0.141. The van der Waals surface area contributed by atoms with Gasteiger partial charge in [-0.1, -0.05) is 36.4 Å². The van der Waals surface area contributed by atoms with Crippen LogP contribution >= 0.6 is 0 Å². The van der Waals surface area contributed by atoms with Crippen molar-refractivity contribution in [2.24, 2.45) is 5.73 Å². The highest BCUT2D eigenvalue weighted by Crippen LogP contribution is 2.25. The fourth-order valence-electron chi connectivity index (χ4n) is 2.37. The number of benzene rings is 2. The highest BCUT2D eigenvalue weighted by atomic mass is 16.4. The highest BCUT2D eigenvalue weighted by molar-refractivity contribution is 5.87. The first kappa shape index (κ1) is 18.3. The molecular weight excluding hydrogens is 324 g/mol. The molecular formula is C18H20N2O5. The topological polar surface area (TPSA) is 133 Å². The van der Waals surface area contributed by atoms with Crippen molar-refractivity contribution in [3.8, 4) is 11.5 Å². The lowest BCUT2D eigenvalue weighted by Crippen LogP contribution is -2.50. The van der Waals surface area contributed by atoms with Gasteiger partial charge in [0.25, 0.3) is 0 Å². The lowest BCUT2D eigenvalue weighted by atomic mass is 10.0. The van der Waals surface area contributed by atoms with Gasteiger partial charge in [-0.05, 0) is 29.7 Å². The van der Waals surface area contributed by atoms with Gasteiger partial charge in [0.05, 0.1) is 6.04 Å². The van der Waals surface area contributed by atoms with E-state index in [1.54, 1.807) is 0 Å². The maximum absolute atomic E-state index is 12.2. The maximum Gasteiger partial charge on any atom is 0.326 e. The second-order valence-electron chi connectivity index (χ2n) is 5.72. The van der Waals surface area contributed by atoms with Gasteiger partial charge in [-0.2, -0.15) is 0 Å². The van der Waals surface area contributed by atoms with Crippen molar-refractivity contribution in [3.63, 3.8) is 0 Å². The Hall–Kier alpha value is -3.06. The van der Waals surface area contributed by atoms with Crippen molar-refractivity contribution >= 4 is 11.9 Å². The highest BCUT2D eigenvalue weighted by Gasteiger charge is 2.24. The largest absolute Gasteiger partial charge is 0.504 e. The van der Waals surface area contributed by atoms with E-state index in [1.165, 1.54) is 18.2 Å². The smallest absolute Gasteiger partial charge is 0.326 e. The van der Waals surface area contributed by atoms with Crippen LogP contribution in [0, 0.1) is 0 Å². The number of carbonyl (C=O) groups excluding carboxylic acids is 1. The van der Waals surface area contributed by atoms with Gasteiger partial charge in [0, 0.05) is 6.42 Å². The summed E-state index contributed by atoms with van der Waals surface area (Å²) >= 11 is 0. The number of aliphatic carboxylic acids is 1. The fourth-order valence-corrected chi connectivity index (χ4v) is 2.37. The van der Waals surface area contributed by atoms with E-state index in [2.05, 4.69) is 5.32 Å². The molecule has 132 valence electrons. The van der Waals surface area contributed by atoms with Crippen molar-refractivity contribution in [2.45, 2.75) is 24.9 Å². The Labute approximate surface area is 144 Å². The Balaban J connectivity index is 2.01. The normalized spacial score (nSPS) is 13.0. The van der Waals surface area contributed by atoms with Crippen molar-refractivity contribution < 1.29 is 24.9 Å². The molecule has 2 atom stereocenters. The number of carboxylic acids is 1. The molecule has 0 heterocycles. The summed E-state index contributed by atoms with van der Waals surface area (Å²) in [5.41, 5.74) is 7.19. The first-order valence-electron chi connectivity index (χ1n) is 7.70. The van der Waals surface area contributed by atoms with Crippen molar-refractivity contribution in [1.29, 1.82) is 0 Å². The van der Waals surface area contributed by atoms with Gasteiger partial charge in [0.1, 0.15) is 6.04 Å². The molecule has 7 nitrogen and oxygen atoms in total. The molecule has 2 aromatic carbocycles. The van der Waals surface area contributed by atoms with Gasteiger partial charge in [0.2, 0.25) is 5.91 Å². The van der Waals surface area contributed by atoms with Gasteiger partial charge in [-0.25, -0.2) is 4.79 Å².